The Morgan fingerprint density at radius 1 is 1.43 bits per heavy atom. The summed E-state index contributed by atoms with van der Waals surface area (Å²) in [6, 6.07) is 5.29. The fourth-order valence-electron chi connectivity index (χ4n) is 2.07. The van der Waals surface area contributed by atoms with Crippen LogP contribution in [0.3, 0.4) is 0 Å². The first kappa shape index (κ1) is 16.5. The van der Waals surface area contributed by atoms with E-state index in [2.05, 4.69) is 31.5 Å². The third kappa shape index (κ3) is 5.82. The highest BCUT2D eigenvalue weighted by molar-refractivity contribution is 9.10. The summed E-state index contributed by atoms with van der Waals surface area (Å²) in [6.45, 7) is 5.56. The Hall–Kier alpha value is -0.820. The van der Waals surface area contributed by atoms with Gasteiger partial charge in [-0.15, -0.1) is 0 Å². The molecule has 0 unspecified atom stereocenters. The molecule has 1 fully saturated rings. The highest BCUT2D eigenvalue weighted by Crippen LogP contribution is 2.27. The molecular formula is C14H19BrClN3O2. The molecule has 0 bridgehead atoms. The van der Waals surface area contributed by atoms with E-state index in [0.717, 1.165) is 37.2 Å². The number of ether oxygens (including phenoxy) is 1. The smallest absolute Gasteiger partial charge is 0.257 e. The third-order valence-electron chi connectivity index (χ3n) is 3.21. The molecule has 0 aromatic heterocycles. The summed E-state index contributed by atoms with van der Waals surface area (Å²) in [4.78, 5) is 14.0. The number of amides is 1. The van der Waals surface area contributed by atoms with E-state index in [4.69, 9.17) is 16.3 Å². The van der Waals surface area contributed by atoms with E-state index >= 15 is 0 Å². The molecule has 1 aromatic rings. The number of benzene rings is 1. The summed E-state index contributed by atoms with van der Waals surface area (Å²) < 4.78 is 6.28. The van der Waals surface area contributed by atoms with E-state index < -0.39 is 0 Å². The standard InChI is InChI=1S/C14H19BrClN3O2/c15-11-1-2-13(12(16)9-11)21-10-14(20)18-5-8-19-6-3-17-4-7-19/h1-2,9,17H,3-8,10H2,(H,18,20). The molecule has 0 aliphatic carbocycles. The van der Waals surface area contributed by atoms with Gasteiger partial charge >= 0.3 is 0 Å². The van der Waals surface area contributed by atoms with Crippen molar-refractivity contribution in [3.05, 3.63) is 27.7 Å². The fourth-order valence-corrected chi connectivity index (χ4v) is 2.80. The predicted octanol–water partition coefficient (Wildman–Crippen LogP) is 1.50. The number of carbonyl (C=O) groups is 1. The van der Waals surface area contributed by atoms with Gasteiger partial charge in [0.05, 0.1) is 5.02 Å². The molecular weight excluding hydrogens is 358 g/mol. The van der Waals surface area contributed by atoms with Gasteiger partial charge in [0.2, 0.25) is 0 Å². The molecule has 7 heteroatoms. The monoisotopic (exact) mass is 375 g/mol. The van der Waals surface area contributed by atoms with Crippen molar-refractivity contribution in [1.82, 2.24) is 15.5 Å². The van der Waals surface area contributed by atoms with Gasteiger partial charge < -0.3 is 15.4 Å². The van der Waals surface area contributed by atoms with Gasteiger partial charge in [0, 0.05) is 43.7 Å². The van der Waals surface area contributed by atoms with Crippen molar-refractivity contribution in [2.75, 3.05) is 45.9 Å². The lowest BCUT2D eigenvalue weighted by Gasteiger charge is -2.27. The van der Waals surface area contributed by atoms with Crippen molar-refractivity contribution in [2.24, 2.45) is 0 Å². The lowest BCUT2D eigenvalue weighted by Crippen LogP contribution is -2.46. The minimum Gasteiger partial charge on any atom is -0.482 e. The van der Waals surface area contributed by atoms with Crippen molar-refractivity contribution >= 4 is 33.4 Å². The summed E-state index contributed by atoms with van der Waals surface area (Å²) in [5.41, 5.74) is 0. The zero-order valence-corrected chi connectivity index (χ0v) is 14.0. The number of carbonyl (C=O) groups excluding carboxylic acids is 1. The summed E-state index contributed by atoms with van der Waals surface area (Å²) >= 11 is 9.34. The number of hydrogen-bond donors (Lipinski definition) is 2. The van der Waals surface area contributed by atoms with Crippen molar-refractivity contribution in [3.63, 3.8) is 0 Å². The van der Waals surface area contributed by atoms with Gasteiger partial charge in [-0.05, 0) is 18.2 Å². The fraction of sp³-hybridized carbons (Fsp3) is 0.500. The molecule has 1 heterocycles. The lowest BCUT2D eigenvalue weighted by molar-refractivity contribution is -0.123. The highest BCUT2D eigenvalue weighted by Gasteiger charge is 2.10. The van der Waals surface area contributed by atoms with Crippen LogP contribution < -0.4 is 15.4 Å². The second kappa shape index (κ2) is 8.58. The molecule has 1 amide bonds. The zero-order valence-electron chi connectivity index (χ0n) is 11.7. The van der Waals surface area contributed by atoms with Crippen LogP contribution in [0.4, 0.5) is 0 Å². The molecule has 2 N–H and O–H groups in total. The van der Waals surface area contributed by atoms with Gasteiger partial charge in [0.25, 0.3) is 5.91 Å². The van der Waals surface area contributed by atoms with Gasteiger partial charge in [0.15, 0.2) is 6.61 Å². The summed E-state index contributed by atoms with van der Waals surface area (Å²) in [6.07, 6.45) is 0. The Morgan fingerprint density at radius 2 is 2.19 bits per heavy atom. The van der Waals surface area contributed by atoms with Crippen LogP contribution in [0, 0.1) is 0 Å². The van der Waals surface area contributed by atoms with Crippen LogP contribution >= 0.6 is 27.5 Å². The maximum absolute atomic E-state index is 11.7. The third-order valence-corrected chi connectivity index (χ3v) is 4.00. The first-order valence-electron chi connectivity index (χ1n) is 6.93. The molecule has 0 saturated carbocycles. The Bertz CT molecular complexity index is 481. The first-order chi connectivity index (χ1) is 10.1. The number of halogens is 2. The first-order valence-corrected chi connectivity index (χ1v) is 8.10. The molecule has 0 spiro atoms. The van der Waals surface area contributed by atoms with Crippen LogP contribution in [0.2, 0.25) is 5.02 Å². The van der Waals surface area contributed by atoms with E-state index in [1.807, 2.05) is 6.07 Å². The Morgan fingerprint density at radius 3 is 2.90 bits per heavy atom. The highest BCUT2D eigenvalue weighted by atomic mass is 79.9. The Balaban J connectivity index is 1.65. The van der Waals surface area contributed by atoms with E-state index in [1.165, 1.54) is 0 Å². The topological polar surface area (TPSA) is 53.6 Å². The number of nitrogens with zero attached hydrogens (tertiary/aromatic N) is 1. The van der Waals surface area contributed by atoms with E-state index in [1.54, 1.807) is 12.1 Å². The van der Waals surface area contributed by atoms with Crippen LogP contribution in [-0.4, -0.2) is 56.7 Å². The minimum atomic E-state index is -0.135. The number of nitrogens with one attached hydrogen (secondary N) is 2. The molecule has 116 valence electrons. The molecule has 0 atom stereocenters. The van der Waals surface area contributed by atoms with Crippen LogP contribution in [-0.2, 0) is 4.79 Å². The minimum absolute atomic E-state index is 0.0249. The Kier molecular flexibility index (Phi) is 6.76. The molecule has 2 rings (SSSR count). The molecule has 1 saturated heterocycles. The molecule has 5 nitrogen and oxygen atoms in total. The van der Waals surface area contributed by atoms with Crippen molar-refractivity contribution in [2.45, 2.75) is 0 Å². The largest absolute Gasteiger partial charge is 0.482 e. The van der Waals surface area contributed by atoms with E-state index in [0.29, 0.717) is 17.3 Å². The number of hydrogen-bond acceptors (Lipinski definition) is 4. The predicted molar refractivity (Wildman–Crippen MR) is 87.0 cm³/mol. The van der Waals surface area contributed by atoms with Crippen molar-refractivity contribution in [3.8, 4) is 5.75 Å². The van der Waals surface area contributed by atoms with Crippen LogP contribution in [0.1, 0.15) is 0 Å². The van der Waals surface area contributed by atoms with E-state index in [9.17, 15) is 4.79 Å². The maximum Gasteiger partial charge on any atom is 0.257 e. The van der Waals surface area contributed by atoms with Gasteiger partial charge in [0.1, 0.15) is 5.75 Å². The average Bonchev–Trinajstić information content (AvgIpc) is 2.47. The van der Waals surface area contributed by atoms with E-state index in [-0.39, 0.29) is 12.5 Å². The normalized spacial score (nSPS) is 15.7. The number of rotatable bonds is 6. The SMILES string of the molecule is O=C(COc1ccc(Br)cc1Cl)NCCN1CCNCC1. The van der Waals surface area contributed by atoms with Crippen molar-refractivity contribution in [1.29, 1.82) is 0 Å². The summed E-state index contributed by atoms with van der Waals surface area (Å²) in [5, 5.41) is 6.63. The molecule has 0 radical (unpaired) electrons. The summed E-state index contributed by atoms with van der Waals surface area (Å²) in [7, 11) is 0. The molecule has 21 heavy (non-hydrogen) atoms. The summed E-state index contributed by atoms with van der Waals surface area (Å²) in [5.74, 6) is 0.376. The average molecular weight is 377 g/mol. The van der Waals surface area contributed by atoms with Crippen LogP contribution in [0.25, 0.3) is 0 Å². The second-order valence-corrected chi connectivity index (χ2v) is 6.13. The quantitative estimate of drug-likeness (QED) is 0.790. The van der Waals surface area contributed by atoms with Crippen LogP contribution in [0.15, 0.2) is 22.7 Å². The van der Waals surface area contributed by atoms with Crippen molar-refractivity contribution < 1.29 is 9.53 Å². The van der Waals surface area contributed by atoms with Gasteiger partial charge in [-0.25, -0.2) is 0 Å². The molecule has 1 aliphatic rings. The zero-order chi connectivity index (χ0) is 15.1. The van der Waals surface area contributed by atoms with Gasteiger partial charge in [-0.1, -0.05) is 27.5 Å². The molecule has 1 aromatic carbocycles. The number of piperazine rings is 1. The van der Waals surface area contributed by atoms with Gasteiger partial charge in [-0.3, -0.25) is 9.69 Å². The second-order valence-electron chi connectivity index (χ2n) is 4.81. The van der Waals surface area contributed by atoms with Crippen LogP contribution in [0.5, 0.6) is 5.75 Å². The maximum atomic E-state index is 11.7. The Labute approximate surface area is 138 Å². The molecule has 1 aliphatic heterocycles. The lowest BCUT2D eigenvalue weighted by atomic mass is 10.3. The van der Waals surface area contributed by atoms with Gasteiger partial charge in [-0.2, -0.15) is 0 Å².